The molecule has 0 unspecified atom stereocenters. The van der Waals surface area contributed by atoms with E-state index in [9.17, 15) is 0 Å². The Balaban J connectivity index is 4.35. The van der Waals surface area contributed by atoms with E-state index >= 15 is 0 Å². The van der Waals surface area contributed by atoms with Gasteiger partial charge in [0.25, 0.3) is 0 Å². The number of unbranched alkanes of at least 4 members (excludes halogenated alkanes) is 6. The van der Waals surface area contributed by atoms with Crippen molar-refractivity contribution in [3.05, 3.63) is 0 Å². The van der Waals surface area contributed by atoms with Crippen molar-refractivity contribution in [2.45, 2.75) is 110 Å². The molecular weight excluding hydrogens is 320 g/mol. The lowest BCUT2D eigenvalue weighted by Crippen LogP contribution is -2.48. The summed E-state index contributed by atoms with van der Waals surface area (Å²) in [6, 6.07) is 2.72. The van der Waals surface area contributed by atoms with Crippen LogP contribution in [0.5, 0.6) is 0 Å². The Hall–Kier alpha value is 0.571. The van der Waals surface area contributed by atoms with Gasteiger partial charge in [-0.2, -0.15) is 0 Å². The van der Waals surface area contributed by atoms with Gasteiger partial charge in [-0.3, -0.25) is 0 Å². The van der Waals surface area contributed by atoms with Crippen LogP contribution < -0.4 is 0 Å². The standard InChI is InChI=1S/C17H42O2Si3/c1-8-10-12-14-16-20(17-15-13-11-9-2)18-22(6,7)19-21(3,4)5/h20H,8-17H2,1-7H3. The molecule has 0 atom stereocenters. The summed E-state index contributed by atoms with van der Waals surface area (Å²) in [5, 5.41) is 0. The summed E-state index contributed by atoms with van der Waals surface area (Å²) in [7, 11) is -4.48. The average Bonchev–Trinajstić information content (AvgIpc) is 2.36. The lowest BCUT2D eigenvalue weighted by molar-refractivity contribution is 0.396. The van der Waals surface area contributed by atoms with Crippen molar-refractivity contribution in [3.63, 3.8) is 0 Å². The molecule has 0 aliphatic heterocycles. The highest BCUT2D eigenvalue weighted by molar-refractivity contribution is 6.84. The van der Waals surface area contributed by atoms with Crippen LogP contribution in [0.3, 0.4) is 0 Å². The van der Waals surface area contributed by atoms with Crippen LogP contribution in [0.25, 0.3) is 0 Å². The summed E-state index contributed by atoms with van der Waals surface area (Å²) in [5.41, 5.74) is 0. The normalized spacial score (nSPS) is 13.1. The van der Waals surface area contributed by atoms with Crippen LogP contribution in [-0.2, 0) is 8.23 Å². The predicted octanol–water partition coefficient (Wildman–Crippen LogP) is 6.44. The van der Waals surface area contributed by atoms with E-state index < -0.39 is 25.9 Å². The van der Waals surface area contributed by atoms with Gasteiger partial charge >= 0.3 is 8.56 Å². The first-order valence-corrected chi connectivity index (χ1v) is 17.9. The molecule has 0 aromatic heterocycles. The van der Waals surface area contributed by atoms with Gasteiger partial charge in [-0.15, -0.1) is 0 Å². The van der Waals surface area contributed by atoms with E-state index in [2.05, 4.69) is 46.6 Å². The Bertz CT molecular complexity index is 253. The van der Waals surface area contributed by atoms with Crippen molar-refractivity contribution in [2.24, 2.45) is 0 Å². The van der Waals surface area contributed by atoms with Crippen LogP contribution in [0.1, 0.15) is 65.2 Å². The van der Waals surface area contributed by atoms with Crippen molar-refractivity contribution >= 4 is 25.9 Å². The van der Waals surface area contributed by atoms with Gasteiger partial charge in [0, 0.05) is 0 Å². The van der Waals surface area contributed by atoms with Gasteiger partial charge < -0.3 is 8.23 Å². The Labute approximate surface area is 144 Å². The summed E-state index contributed by atoms with van der Waals surface area (Å²) in [5.74, 6) is 0. The molecular formula is C17H42O2Si3. The van der Waals surface area contributed by atoms with Crippen LogP contribution in [0, 0.1) is 0 Å². The second kappa shape index (κ2) is 12.0. The molecule has 0 spiro atoms. The van der Waals surface area contributed by atoms with Gasteiger partial charge in [0.2, 0.25) is 0 Å². The van der Waals surface area contributed by atoms with E-state index in [1.165, 1.54) is 63.5 Å². The van der Waals surface area contributed by atoms with Crippen molar-refractivity contribution < 1.29 is 8.23 Å². The summed E-state index contributed by atoms with van der Waals surface area (Å²) < 4.78 is 13.1. The molecule has 0 fully saturated rings. The van der Waals surface area contributed by atoms with Gasteiger partial charge in [-0.25, -0.2) is 0 Å². The molecule has 0 bridgehead atoms. The monoisotopic (exact) mass is 362 g/mol. The van der Waals surface area contributed by atoms with Crippen LogP contribution >= 0.6 is 0 Å². The van der Waals surface area contributed by atoms with Gasteiger partial charge in [0.15, 0.2) is 17.4 Å². The number of hydrogen-bond donors (Lipinski definition) is 0. The van der Waals surface area contributed by atoms with Crippen molar-refractivity contribution in [1.29, 1.82) is 0 Å². The van der Waals surface area contributed by atoms with Crippen molar-refractivity contribution in [3.8, 4) is 0 Å². The number of rotatable bonds is 14. The summed E-state index contributed by atoms with van der Waals surface area (Å²) in [4.78, 5) is 0. The Morgan fingerprint density at radius 3 is 1.50 bits per heavy atom. The van der Waals surface area contributed by atoms with Crippen LogP contribution in [-0.4, -0.2) is 25.9 Å². The Morgan fingerprint density at radius 2 is 1.14 bits per heavy atom. The maximum absolute atomic E-state index is 6.66. The molecule has 2 nitrogen and oxygen atoms in total. The first kappa shape index (κ1) is 22.6. The molecule has 0 aromatic rings. The lowest BCUT2D eigenvalue weighted by atomic mass is 10.2. The first-order valence-electron chi connectivity index (χ1n) is 9.58. The average molecular weight is 363 g/mol. The highest BCUT2D eigenvalue weighted by atomic mass is 28.5. The third kappa shape index (κ3) is 14.2. The number of hydrogen-bond acceptors (Lipinski definition) is 2. The zero-order chi connectivity index (χ0) is 17.1. The van der Waals surface area contributed by atoms with Gasteiger partial charge in [-0.1, -0.05) is 65.2 Å². The fourth-order valence-electron chi connectivity index (χ4n) is 3.02. The minimum absolute atomic E-state index is 1.07. The minimum Gasteiger partial charge on any atom is -0.439 e. The van der Waals surface area contributed by atoms with Crippen LogP contribution in [0.2, 0.25) is 44.8 Å². The summed E-state index contributed by atoms with van der Waals surface area (Å²) in [6.07, 6.45) is 10.9. The van der Waals surface area contributed by atoms with Crippen LogP contribution in [0.15, 0.2) is 0 Å². The van der Waals surface area contributed by atoms with Crippen molar-refractivity contribution in [1.82, 2.24) is 0 Å². The molecule has 0 aliphatic carbocycles. The highest BCUT2D eigenvalue weighted by Crippen LogP contribution is 2.21. The quantitative estimate of drug-likeness (QED) is 0.261. The molecule has 0 radical (unpaired) electrons. The zero-order valence-electron chi connectivity index (χ0n) is 16.5. The molecule has 0 heterocycles. The van der Waals surface area contributed by atoms with Gasteiger partial charge in [0.1, 0.15) is 0 Å². The van der Waals surface area contributed by atoms with E-state index in [1.807, 2.05) is 0 Å². The SMILES string of the molecule is CCCCCC[SiH](CCCCCC)O[Si](C)(C)O[Si](C)(C)C. The summed E-state index contributed by atoms with van der Waals surface area (Å²) >= 11 is 0. The van der Waals surface area contributed by atoms with E-state index in [-0.39, 0.29) is 0 Å². The Morgan fingerprint density at radius 1 is 0.682 bits per heavy atom. The minimum atomic E-state index is -1.92. The summed E-state index contributed by atoms with van der Waals surface area (Å²) in [6.45, 7) is 16.0. The molecule has 134 valence electrons. The zero-order valence-corrected chi connectivity index (χ0v) is 19.6. The van der Waals surface area contributed by atoms with Gasteiger partial charge in [-0.05, 0) is 44.8 Å². The van der Waals surface area contributed by atoms with E-state index in [0.29, 0.717) is 0 Å². The second-order valence-corrected chi connectivity index (χ2v) is 19.2. The molecule has 0 aliphatic rings. The highest BCUT2D eigenvalue weighted by Gasteiger charge is 2.33. The van der Waals surface area contributed by atoms with E-state index in [1.54, 1.807) is 0 Å². The molecule has 0 saturated carbocycles. The maximum Gasteiger partial charge on any atom is 0.310 e. The van der Waals surface area contributed by atoms with Crippen LogP contribution in [0.4, 0.5) is 0 Å². The molecule has 0 amide bonds. The molecule has 0 aromatic carbocycles. The van der Waals surface area contributed by atoms with E-state index in [0.717, 1.165) is 0 Å². The third-order valence-electron chi connectivity index (χ3n) is 3.76. The first-order chi connectivity index (χ1) is 10.2. The predicted molar refractivity (Wildman–Crippen MR) is 108 cm³/mol. The third-order valence-corrected chi connectivity index (χ3v) is 13.9. The molecule has 22 heavy (non-hydrogen) atoms. The molecule has 0 saturated heterocycles. The molecule has 0 rings (SSSR count). The maximum atomic E-state index is 6.66. The van der Waals surface area contributed by atoms with E-state index in [4.69, 9.17) is 8.23 Å². The molecule has 5 heteroatoms. The largest absolute Gasteiger partial charge is 0.439 e. The second-order valence-electron chi connectivity index (χ2n) is 8.05. The smallest absolute Gasteiger partial charge is 0.310 e. The Kier molecular flexibility index (Phi) is 12.3. The fraction of sp³-hybridized carbons (Fsp3) is 1.00. The van der Waals surface area contributed by atoms with Gasteiger partial charge in [0.05, 0.1) is 0 Å². The van der Waals surface area contributed by atoms with Crippen molar-refractivity contribution in [2.75, 3.05) is 0 Å². The fourth-order valence-corrected chi connectivity index (χ4v) is 15.5. The molecule has 0 N–H and O–H groups in total. The lowest BCUT2D eigenvalue weighted by Gasteiger charge is -2.34. The topological polar surface area (TPSA) is 18.5 Å².